The molecule has 0 unspecified atom stereocenters. The van der Waals surface area contributed by atoms with Gasteiger partial charge in [-0.2, -0.15) is 18.2 Å². The third kappa shape index (κ3) is 4.94. The minimum atomic E-state index is -4.78. The van der Waals surface area contributed by atoms with Gasteiger partial charge >= 0.3 is 18.2 Å². The maximum atomic E-state index is 14.2. The average molecular weight is 389 g/mol. The van der Waals surface area contributed by atoms with Gasteiger partial charge in [0.1, 0.15) is 11.9 Å². The van der Waals surface area contributed by atoms with E-state index in [1.54, 1.807) is 0 Å². The molecular weight excluding hydrogens is 374 g/mol. The summed E-state index contributed by atoms with van der Waals surface area (Å²) >= 11 is 0. The second-order valence-electron chi connectivity index (χ2n) is 5.80. The van der Waals surface area contributed by atoms with Crippen molar-refractivity contribution in [3.05, 3.63) is 35.5 Å². The van der Waals surface area contributed by atoms with Gasteiger partial charge in [0.15, 0.2) is 0 Å². The molecule has 1 aliphatic rings. The first-order chi connectivity index (χ1) is 12.8. The molecule has 1 aromatic carbocycles. The number of hydrogen-bond acceptors (Lipinski definition) is 6. The number of nitrogens with zero attached hydrogens (tertiary/aromatic N) is 2. The standard InChI is InChI=1S/C16H15F4N3O4/c17-12-7-9(13-22-14(27-23-13)16(18,19)20)1-2-10(12)8-21-15(24)26-11-3-5-25-6-4-11/h1-2,7,11H,3-6,8H2,(H,21,24). The molecule has 0 bridgehead atoms. The summed E-state index contributed by atoms with van der Waals surface area (Å²) in [7, 11) is 0. The number of amides is 1. The molecule has 0 radical (unpaired) electrons. The van der Waals surface area contributed by atoms with Crippen LogP contribution in [0.5, 0.6) is 0 Å². The molecule has 0 aliphatic carbocycles. The first-order valence-corrected chi connectivity index (χ1v) is 8.05. The fourth-order valence-electron chi connectivity index (χ4n) is 2.44. The summed E-state index contributed by atoms with van der Waals surface area (Å²) in [5, 5.41) is 5.62. The summed E-state index contributed by atoms with van der Waals surface area (Å²) in [6.07, 6.45) is -4.51. The molecule has 0 atom stereocenters. The fraction of sp³-hybridized carbons (Fsp3) is 0.438. The summed E-state index contributed by atoms with van der Waals surface area (Å²) < 4.78 is 66.1. The molecule has 7 nitrogen and oxygen atoms in total. The van der Waals surface area contributed by atoms with Gasteiger partial charge in [-0.05, 0) is 6.07 Å². The zero-order valence-corrected chi connectivity index (χ0v) is 13.9. The van der Waals surface area contributed by atoms with Crippen molar-refractivity contribution in [2.45, 2.75) is 31.7 Å². The highest BCUT2D eigenvalue weighted by atomic mass is 19.4. The van der Waals surface area contributed by atoms with E-state index in [0.717, 1.165) is 6.07 Å². The Morgan fingerprint density at radius 3 is 2.67 bits per heavy atom. The summed E-state index contributed by atoms with van der Waals surface area (Å²) in [5.41, 5.74) is 0.141. The summed E-state index contributed by atoms with van der Waals surface area (Å²) in [6, 6.07) is 3.60. The van der Waals surface area contributed by atoms with Gasteiger partial charge in [0.2, 0.25) is 5.82 Å². The normalized spacial score (nSPS) is 15.6. The Kier molecular flexibility index (Phi) is 5.59. The maximum absolute atomic E-state index is 14.2. The molecule has 11 heteroatoms. The molecule has 1 aromatic heterocycles. The van der Waals surface area contributed by atoms with Crippen LogP contribution in [0, 0.1) is 5.82 Å². The second-order valence-corrected chi connectivity index (χ2v) is 5.80. The van der Waals surface area contributed by atoms with Crippen LogP contribution in [0.25, 0.3) is 11.4 Å². The van der Waals surface area contributed by atoms with Crippen molar-refractivity contribution in [3.63, 3.8) is 0 Å². The Morgan fingerprint density at radius 1 is 1.30 bits per heavy atom. The number of hydrogen-bond donors (Lipinski definition) is 1. The minimum Gasteiger partial charge on any atom is -0.446 e. The molecule has 1 saturated heterocycles. The lowest BCUT2D eigenvalue weighted by Crippen LogP contribution is -2.32. The SMILES string of the molecule is O=C(NCc1ccc(-c2noc(C(F)(F)F)n2)cc1F)OC1CCOCC1. The van der Waals surface area contributed by atoms with Gasteiger partial charge in [-0.25, -0.2) is 9.18 Å². The van der Waals surface area contributed by atoms with Crippen LogP contribution in [0.4, 0.5) is 22.4 Å². The average Bonchev–Trinajstić information content (AvgIpc) is 3.12. The third-order valence-electron chi connectivity index (χ3n) is 3.85. The van der Waals surface area contributed by atoms with E-state index in [1.165, 1.54) is 12.1 Å². The number of halogens is 4. The summed E-state index contributed by atoms with van der Waals surface area (Å²) in [5.74, 6) is -2.64. The highest BCUT2D eigenvalue weighted by molar-refractivity contribution is 5.67. The smallest absolute Gasteiger partial charge is 0.446 e. The van der Waals surface area contributed by atoms with Gasteiger partial charge in [0.05, 0.1) is 13.2 Å². The molecule has 0 saturated carbocycles. The van der Waals surface area contributed by atoms with Crippen LogP contribution in [-0.4, -0.2) is 35.6 Å². The Hall–Kier alpha value is -2.69. The molecular formula is C16H15F4N3O4. The van der Waals surface area contributed by atoms with Crippen molar-refractivity contribution in [1.29, 1.82) is 0 Å². The number of aromatic nitrogens is 2. The monoisotopic (exact) mass is 389 g/mol. The van der Waals surface area contributed by atoms with E-state index in [2.05, 4.69) is 20.0 Å². The molecule has 1 amide bonds. The van der Waals surface area contributed by atoms with E-state index in [-0.39, 0.29) is 29.6 Å². The lowest BCUT2D eigenvalue weighted by atomic mass is 10.1. The van der Waals surface area contributed by atoms with Gasteiger partial charge in [0.25, 0.3) is 0 Å². The molecule has 2 heterocycles. The lowest BCUT2D eigenvalue weighted by Gasteiger charge is -2.22. The van der Waals surface area contributed by atoms with E-state index in [9.17, 15) is 22.4 Å². The van der Waals surface area contributed by atoms with E-state index in [4.69, 9.17) is 9.47 Å². The number of ether oxygens (including phenoxy) is 2. The molecule has 1 fully saturated rings. The molecule has 0 spiro atoms. The molecule has 27 heavy (non-hydrogen) atoms. The first kappa shape index (κ1) is 19.1. The van der Waals surface area contributed by atoms with Crippen LogP contribution < -0.4 is 5.32 Å². The van der Waals surface area contributed by atoms with Crippen LogP contribution in [0.15, 0.2) is 22.7 Å². The van der Waals surface area contributed by atoms with Gasteiger partial charge in [0, 0.05) is 30.5 Å². The van der Waals surface area contributed by atoms with Crippen LogP contribution in [0.2, 0.25) is 0 Å². The van der Waals surface area contributed by atoms with Crippen molar-refractivity contribution < 1.29 is 36.4 Å². The first-order valence-electron chi connectivity index (χ1n) is 8.05. The predicted molar refractivity (Wildman–Crippen MR) is 81.9 cm³/mol. The Morgan fingerprint density at radius 2 is 2.04 bits per heavy atom. The van der Waals surface area contributed by atoms with Gasteiger partial charge in [-0.1, -0.05) is 17.3 Å². The van der Waals surface area contributed by atoms with Gasteiger partial charge in [-0.3, -0.25) is 0 Å². The van der Waals surface area contributed by atoms with E-state index < -0.39 is 24.0 Å². The van der Waals surface area contributed by atoms with Gasteiger partial charge in [-0.15, -0.1) is 0 Å². The van der Waals surface area contributed by atoms with Crippen LogP contribution in [-0.2, 0) is 22.2 Å². The largest absolute Gasteiger partial charge is 0.471 e. The maximum Gasteiger partial charge on any atom is 0.471 e. The highest BCUT2D eigenvalue weighted by Crippen LogP contribution is 2.29. The highest BCUT2D eigenvalue weighted by Gasteiger charge is 2.38. The molecule has 1 aliphatic heterocycles. The number of carbonyl (C=O) groups is 1. The zero-order chi connectivity index (χ0) is 19.4. The quantitative estimate of drug-likeness (QED) is 0.808. The number of benzene rings is 1. The number of carbonyl (C=O) groups excluding carboxylic acids is 1. The number of nitrogens with one attached hydrogen (secondary N) is 1. The predicted octanol–water partition coefficient (Wildman–Crippen LogP) is 3.30. The van der Waals surface area contributed by atoms with Crippen LogP contribution >= 0.6 is 0 Å². The number of alkyl halides is 3. The Balaban J connectivity index is 1.59. The molecule has 3 rings (SSSR count). The Labute approximate surface area is 150 Å². The van der Waals surface area contributed by atoms with E-state index in [0.29, 0.717) is 26.1 Å². The topological polar surface area (TPSA) is 86.5 Å². The van der Waals surface area contributed by atoms with E-state index in [1.807, 2.05) is 0 Å². The second kappa shape index (κ2) is 7.91. The number of rotatable bonds is 4. The van der Waals surface area contributed by atoms with E-state index >= 15 is 0 Å². The third-order valence-corrected chi connectivity index (χ3v) is 3.85. The van der Waals surface area contributed by atoms with Crippen LogP contribution in [0.3, 0.4) is 0 Å². The molecule has 2 aromatic rings. The Bertz CT molecular complexity index is 803. The van der Waals surface area contributed by atoms with Crippen molar-refractivity contribution in [3.8, 4) is 11.4 Å². The zero-order valence-electron chi connectivity index (χ0n) is 13.9. The minimum absolute atomic E-state index is 0.0142. The summed E-state index contributed by atoms with van der Waals surface area (Å²) in [6.45, 7) is 0.883. The molecule has 1 N–H and O–H groups in total. The fourth-order valence-corrected chi connectivity index (χ4v) is 2.44. The van der Waals surface area contributed by atoms with Crippen molar-refractivity contribution in [1.82, 2.24) is 15.5 Å². The molecule has 146 valence electrons. The van der Waals surface area contributed by atoms with Gasteiger partial charge < -0.3 is 19.3 Å². The lowest BCUT2D eigenvalue weighted by molar-refractivity contribution is -0.159. The van der Waals surface area contributed by atoms with Crippen LogP contribution in [0.1, 0.15) is 24.3 Å². The van der Waals surface area contributed by atoms with Crippen molar-refractivity contribution in [2.24, 2.45) is 0 Å². The van der Waals surface area contributed by atoms with Crippen molar-refractivity contribution >= 4 is 6.09 Å². The van der Waals surface area contributed by atoms with Crippen molar-refractivity contribution in [2.75, 3.05) is 13.2 Å². The number of alkyl carbamates (subject to hydrolysis) is 1. The summed E-state index contributed by atoms with van der Waals surface area (Å²) in [4.78, 5) is 14.9.